The average Bonchev–Trinajstić information content (AvgIpc) is 3.55. The van der Waals surface area contributed by atoms with E-state index in [1.54, 1.807) is 0 Å². The van der Waals surface area contributed by atoms with Gasteiger partial charge in [-0.3, -0.25) is 0 Å². The molecule has 4 heterocycles. The van der Waals surface area contributed by atoms with Crippen molar-refractivity contribution >= 4 is 50.3 Å². The fourth-order valence-corrected chi connectivity index (χ4v) is 6.74. The van der Waals surface area contributed by atoms with Gasteiger partial charge in [-0.2, -0.15) is 0 Å². The molecule has 0 radical (unpaired) electrons. The smallest absolute Gasteiger partial charge is 0.399 e. The minimum atomic E-state index is -0.632. The first kappa shape index (κ1) is 36.2. The van der Waals surface area contributed by atoms with Gasteiger partial charge in [-0.25, -0.2) is 0 Å². The Morgan fingerprint density at radius 2 is 0.625 bits per heavy atom. The van der Waals surface area contributed by atoms with Crippen LogP contribution in [0.15, 0.2) is 48.5 Å². The fourth-order valence-electron chi connectivity index (χ4n) is 6.74. The molecule has 6 rings (SSSR count). The van der Waals surface area contributed by atoms with Gasteiger partial charge < -0.3 is 37.2 Å². The summed E-state index contributed by atoms with van der Waals surface area (Å²) in [6.07, 6.45) is 1.41. The van der Waals surface area contributed by atoms with Gasteiger partial charge in [-0.15, -0.1) is 0 Å². The van der Waals surface area contributed by atoms with E-state index in [4.69, 9.17) is 37.2 Å². The van der Waals surface area contributed by atoms with E-state index < -0.39 is 73.3 Å². The molecule has 4 saturated heterocycles. The van der Waals surface area contributed by atoms with E-state index in [0.717, 1.165) is 21.9 Å². The zero-order valence-electron chi connectivity index (χ0n) is 31.6. The Labute approximate surface area is 290 Å². The van der Waals surface area contributed by atoms with Gasteiger partial charge in [-0.05, 0) is 132 Å². The van der Waals surface area contributed by atoms with E-state index in [-0.39, 0.29) is 0 Å². The van der Waals surface area contributed by atoms with Crippen LogP contribution in [0.3, 0.4) is 0 Å². The SMILES string of the molecule is CC1(C)OB(c2cc(B3OC(C)(C)C(C)(C)O3)cc(B3OC(C)(C)C(C)(CCC4(C)OB(c5ccccc5)OC4(C)C)O3)c2)OC1(C)C. The molecule has 0 aromatic heterocycles. The minimum absolute atomic E-state index is 0.424. The van der Waals surface area contributed by atoms with Crippen LogP contribution in [0.5, 0.6) is 0 Å². The second-order valence-corrected chi connectivity index (χ2v) is 17.6. The number of hydrogen-bond acceptors (Lipinski definition) is 8. The molecule has 8 nitrogen and oxygen atoms in total. The largest absolute Gasteiger partial charge is 0.494 e. The molecule has 2 atom stereocenters. The normalized spacial score (nSPS) is 31.2. The van der Waals surface area contributed by atoms with Gasteiger partial charge in [0, 0.05) is 0 Å². The first-order valence-electron chi connectivity index (χ1n) is 17.5. The van der Waals surface area contributed by atoms with Crippen molar-refractivity contribution in [3.05, 3.63) is 48.5 Å². The molecule has 258 valence electrons. The van der Waals surface area contributed by atoms with Gasteiger partial charge in [0.15, 0.2) is 0 Å². The first-order chi connectivity index (χ1) is 21.9. The van der Waals surface area contributed by atoms with E-state index >= 15 is 0 Å². The third-order valence-corrected chi connectivity index (χ3v) is 12.6. The third-order valence-electron chi connectivity index (χ3n) is 12.6. The van der Waals surface area contributed by atoms with Crippen molar-refractivity contribution in [2.24, 2.45) is 0 Å². The van der Waals surface area contributed by atoms with Crippen LogP contribution >= 0.6 is 0 Å². The molecule has 2 aromatic rings. The second-order valence-electron chi connectivity index (χ2n) is 17.6. The first-order valence-corrected chi connectivity index (χ1v) is 17.5. The maximum absolute atomic E-state index is 6.95. The maximum Gasteiger partial charge on any atom is 0.494 e. The van der Waals surface area contributed by atoms with Gasteiger partial charge in [0.2, 0.25) is 0 Å². The standard InChI is InChI=1S/C36H54B4O8/c1-29(2)30(3,4)42-38(41-29)26-22-27(39-43-31(5,6)32(7,8)44-39)24-28(23-26)40-46-34(11,12)36(14,48-40)21-20-35(13)33(9,10)45-37(47-35)25-18-16-15-17-19-25/h15-19,22-24H,20-21H2,1-14H3. The minimum Gasteiger partial charge on any atom is -0.399 e. The zero-order valence-corrected chi connectivity index (χ0v) is 31.6. The van der Waals surface area contributed by atoms with E-state index in [0.29, 0.717) is 12.8 Å². The summed E-state index contributed by atoms with van der Waals surface area (Å²) in [5, 5.41) is 0. The molecule has 2 aromatic carbocycles. The third kappa shape index (κ3) is 6.06. The van der Waals surface area contributed by atoms with Crippen LogP contribution in [0, 0.1) is 0 Å². The lowest BCUT2D eigenvalue weighted by atomic mass is 9.66. The van der Waals surface area contributed by atoms with E-state index in [1.807, 2.05) is 30.3 Å². The molecular weight excluding hydrogens is 604 g/mol. The lowest BCUT2D eigenvalue weighted by Gasteiger charge is -2.42. The van der Waals surface area contributed by atoms with Crippen LogP contribution in [0.4, 0.5) is 0 Å². The summed E-state index contributed by atoms with van der Waals surface area (Å²) in [6.45, 7) is 29.2. The molecule has 4 aliphatic rings. The van der Waals surface area contributed by atoms with E-state index in [2.05, 4.69) is 115 Å². The highest BCUT2D eigenvalue weighted by molar-refractivity contribution is 6.69. The van der Waals surface area contributed by atoms with Gasteiger partial charge in [-0.1, -0.05) is 48.5 Å². The summed E-state index contributed by atoms with van der Waals surface area (Å²) in [5.41, 5.74) is -0.653. The number of hydrogen-bond donors (Lipinski definition) is 0. The molecule has 0 spiro atoms. The molecule has 0 bridgehead atoms. The quantitative estimate of drug-likeness (QED) is 0.408. The molecule has 0 amide bonds. The predicted molar refractivity (Wildman–Crippen MR) is 194 cm³/mol. The summed E-state index contributed by atoms with van der Waals surface area (Å²) in [6, 6.07) is 16.3. The van der Waals surface area contributed by atoms with Crippen molar-refractivity contribution in [2.75, 3.05) is 0 Å². The van der Waals surface area contributed by atoms with Gasteiger partial charge in [0.1, 0.15) is 0 Å². The molecule has 4 fully saturated rings. The lowest BCUT2D eigenvalue weighted by molar-refractivity contribution is -0.0576. The topological polar surface area (TPSA) is 73.8 Å². The number of rotatable bonds is 7. The second kappa shape index (κ2) is 11.4. The van der Waals surface area contributed by atoms with E-state index in [9.17, 15) is 0 Å². The van der Waals surface area contributed by atoms with Gasteiger partial charge in [0.05, 0.1) is 44.8 Å². The fraction of sp³-hybridized carbons (Fsp3) is 0.667. The monoisotopic (exact) mass is 658 g/mol. The van der Waals surface area contributed by atoms with Crippen molar-refractivity contribution in [1.82, 2.24) is 0 Å². The molecular formula is C36H54B4O8. The number of benzene rings is 2. The maximum atomic E-state index is 6.95. The molecule has 12 heteroatoms. The Hall–Kier alpha value is -1.62. The highest BCUT2D eigenvalue weighted by Gasteiger charge is 2.60. The van der Waals surface area contributed by atoms with Crippen molar-refractivity contribution in [1.29, 1.82) is 0 Å². The van der Waals surface area contributed by atoms with Crippen molar-refractivity contribution in [3.63, 3.8) is 0 Å². The molecule has 48 heavy (non-hydrogen) atoms. The van der Waals surface area contributed by atoms with Gasteiger partial charge >= 0.3 is 28.5 Å². The highest BCUT2D eigenvalue weighted by Crippen LogP contribution is 2.46. The summed E-state index contributed by atoms with van der Waals surface area (Å²) in [5.74, 6) is 0. The van der Waals surface area contributed by atoms with Crippen LogP contribution in [0.1, 0.15) is 110 Å². The Bertz CT molecular complexity index is 1440. The molecule has 0 aliphatic carbocycles. The lowest BCUT2D eigenvalue weighted by Crippen LogP contribution is -2.50. The van der Waals surface area contributed by atoms with Gasteiger partial charge in [0.25, 0.3) is 0 Å². The Balaban J connectivity index is 1.28. The summed E-state index contributed by atoms with van der Waals surface area (Å²) in [7, 11) is -2.20. The highest BCUT2D eigenvalue weighted by atomic mass is 16.7. The summed E-state index contributed by atoms with van der Waals surface area (Å²) >= 11 is 0. The van der Waals surface area contributed by atoms with Crippen LogP contribution in [-0.2, 0) is 37.2 Å². The predicted octanol–water partition coefficient (Wildman–Crippen LogP) is 4.32. The van der Waals surface area contributed by atoms with E-state index in [1.165, 1.54) is 0 Å². The summed E-state index contributed by atoms with van der Waals surface area (Å²) in [4.78, 5) is 0. The summed E-state index contributed by atoms with van der Waals surface area (Å²) < 4.78 is 52.9. The van der Waals surface area contributed by atoms with Crippen LogP contribution < -0.4 is 21.9 Å². The Morgan fingerprint density at radius 1 is 0.354 bits per heavy atom. The molecule has 0 N–H and O–H groups in total. The van der Waals surface area contributed by atoms with Crippen molar-refractivity contribution < 1.29 is 37.2 Å². The Morgan fingerprint density at radius 3 is 0.958 bits per heavy atom. The zero-order chi connectivity index (χ0) is 35.3. The van der Waals surface area contributed by atoms with Crippen molar-refractivity contribution in [3.8, 4) is 0 Å². The van der Waals surface area contributed by atoms with Crippen LogP contribution in [0.25, 0.3) is 0 Å². The van der Waals surface area contributed by atoms with Crippen LogP contribution in [-0.4, -0.2) is 73.3 Å². The van der Waals surface area contributed by atoms with Crippen LogP contribution in [0.2, 0.25) is 0 Å². The molecule has 0 saturated carbocycles. The Kier molecular flexibility index (Phi) is 8.62. The average molecular weight is 658 g/mol. The molecule has 2 unspecified atom stereocenters. The van der Waals surface area contributed by atoms with Crippen molar-refractivity contribution in [2.45, 2.75) is 155 Å². The molecule has 4 aliphatic heterocycles.